The van der Waals surface area contributed by atoms with Gasteiger partial charge >= 0.3 is 5.97 Å². The molecular weight excluding hydrogens is 202 g/mol. The number of cyclic esters (lactones) is 1. The van der Waals surface area contributed by atoms with E-state index < -0.39 is 0 Å². The zero-order chi connectivity index (χ0) is 11.5. The third-order valence-electron chi connectivity index (χ3n) is 2.88. The van der Waals surface area contributed by atoms with Crippen molar-refractivity contribution < 1.29 is 9.53 Å². The summed E-state index contributed by atoms with van der Waals surface area (Å²) in [4.78, 5) is 13.0. The summed E-state index contributed by atoms with van der Waals surface area (Å²) in [6.45, 7) is 0. The highest BCUT2D eigenvalue weighted by Crippen LogP contribution is 2.20. The van der Waals surface area contributed by atoms with Crippen LogP contribution in [0.4, 0.5) is 5.69 Å². The van der Waals surface area contributed by atoms with Crippen molar-refractivity contribution in [3.63, 3.8) is 0 Å². The SMILES string of the molecule is CN(C)c1ccc(C[C@@H]2CCC(=O)O2)cc1. The minimum atomic E-state index is -0.0603. The second-order valence-electron chi connectivity index (χ2n) is 4.42. The van der Waals surface area contributed by atoms with Gasteiger partial charge in [-0.2, -0.15) is 0 Å². The summed E-state index contributed by atoms with van der Waals surface area (Å²) in [6.07, 6.45) is 2.34. The van der Waals surface area contributed by atoms with E-state index in [-0.39, 0.29) is 12.1 Å². The average molecular weight is 219 g/mol. The number of carbonyl (C=O) groups excluding carboxylic acids is 1. The van der Waals surface area contributed by atoms with Crippen LogP contribution in [0.2, 0.25) is 0 Å². The quantitative estimate of drug-likeness (QED) is 0.728. The Bertz CT molecular complexity index is 370. The van der Waals surface area contributed by atoms with E-state index in [9.17, 15) is 4.79 Å². The van der Waals surface area contributed by atoms with E-state index in [0.29, 0.717) is 6.42 Å². The Labute approximate surface area is 96.0 Å². The molecule has 1 atom stereocenters. The van der Waals surface area contributed by atoms with Gasteiger partial charge in [0.1, 0.15) is 6.10 Å². The molecule has 0 spiro atoms. The molecule has 0 saturated carbocycles. The molecule has 0 bridgehead atoms. The first-order valence-corrected chi connectivity index (χ1v) is 5.61. The molecule has 0 aliphatic carbocycles. The highest BCUT2D eigenvalue weighted by molar-refractivity contribution is 5.71. The van der Waals surface area contributed by atoms with Crippen LogP contribution in [0.3, 0.4) is 0 Å². The molecule has 86 valence electrons. The van der Waals surface area contributed by atoms with Gasteiger partial charge in [-0.25, -0.2) is 0 Å². The van der Waals surface area contributed by atoms with Crippen LogP contribution >= 0.6 is 0 Å². The summed E-state index contributed by atoms with van der Waals surface area (Å²) >= 11 is 0. The Morgan fingerprint density at radius 3 is 2.50 bits per heavy atom. The predicted molar refractivity (Wildman–Crippen MR) is 63.6 cm³/mol. The van der Waals surface area contributed by atoms with Crippen LogP contribution in [0.25, 0.3) is 0 Å². The maximum Gasteiger partial charge on any atom is 0.306 e. The number of carbonyl (C=O) groups is 1. The zero-order valence-corrected chi connectivity index (χ0v) is 9.77. The number of rotatable bonds is 3. The van der Waals surface area contributed by atoms with Crippen LogP contribution in [0.15, 0.2) is 24.3 Å². The molecule has 3 nitrogen and oxygen atoms in total. The molecule has 0 radical (unpaired) electrons. The Kier molecular flexibility index (Phi) is 3.13. The number of benzene rings is 1. The van der Waals surface area contributed by atoms with Crippen LogP contribution in [-0.2, 0) is 16.0 Å². The van der Waals surface area contributed by atoms with Crippen LogP contribution in [0.1, 0.15) is 18.4 Å². The van der Waals surface area contributed by atoms with Gasteiger partial charge in [0.25, 0.3) is 0 Å². The third-order valence-corrected chi connectivity index (χ3v) is 2.88. The van der Waals surface area contributed by atoms with Gasteiger partial charge in [0.2, 0.25) is 0 Å². The first-order chi connectivity index (χ1) is 7.65. The van der Waals surface area contributed by atoms with E-state index in [0.717, 1.165) is 12.8 Å². The van der Waals surface area contributed by atoms with Gasteiger partial charge in [0, 0.05) is 32.6 Å². The second-order valence-corrected chi connectivity index (χ2v) is 4.42. The van der Waals surface area contributed by atoms with Crippen molar-refractivity contribution in [3.05, 3.63) is 29.8 Å². The molecule has 3 heteroatoms. The average Bonchev–Trinajstić information content (AvgIpc) is 2.65. The Hall–Kier alpha value is -1.51. The van der Waals surface area contributed by atoms with Crippen LogP contribution in [0, 0.1) is 0 Å². The summed E-state index contributed by atoms with van der Waals surface area (Å²) in [5.41, 5.74) is 2.41. The van der Waals surface area contributed by atoms with Crippen molar-refractivity contribution >= 4 is 11.7 Å². The molecule has 1 saturated heterocycles. The van der Waals surface area contributed by atoms with Crippen molar-refractivity contribution in [2.45, 2.75) is 25.4 Å². The maximum atomic E-state index is 11.0. The van der Waals surface area contributed by atoms with Crippen LogP contribution < -0.4 is 4.90 Å². The van der Waals surface area contributed by atoms with E-state index in [1.54, 1.807) is 0 Å². The Morgan fingerprint density at radius 2 is 2.00 bits per heavy atom. The van der Waals surface area contributed by atoms with Gasteiger partial charge < -0.3 is 9.64 Å². The van der Waals surface area contributed by atoms with E-state index >= 15 is 0 Å². The van der Waals surface area contributed by atoms with Crippen LogP contribution in [0.5, 0.6) is 0 Å². The van der Waals surface area contributed by atoms with Gasteiger partial charge in [-0.15, -0.1) is 0 Å². The smallest absolute Gasteiger partial charge is 0.306 e. The fraction of sp³-hybridized carbons (Fsp3) is 0.462. The first-order valence-electron chi connectivity index (χ1n) is 5.61. The minimum Gasteiger partial charge on any atom is -0.462 e. The Balaban J connectivity index is 1.97. The fourth-order valence-corrected chi connectivity index (χ4v) is 1.92. The van der Waals surface area contributed by atoms with Crippen molar-refractivity contribution in [3.8, 4) is 0 Å². The summed E-state index contributed by atoms with van der Waals surface area (Å²) < 4.78 is 5.19. The molecule has 1 heterocycles. The maximum absolute atomic E-state index is 11.0. The third kappa shape index (κ3) is 2.54. The molecule has 1 fully saturated rings. The summed E-state index contributed by atoms with van der Waals surface area (Å²) in [5, 5.41) is 0. The highest BCUT2D eigenvalue weighted by atomic mass is 16.5. The lowest BCUT2D eigenvalue weighted by Crippen LogP contribution is -2.11. The number of anilines is 1. The van der Waals surface area contributed by atoms with E-state index in [2.05, 4.69) is 29.2 Å². The lowest BCUT2D eigenvalue weighted by molar-refractivity contribution is -0.141. The molecule has 1 aromatic carbocycles. The molecule has 1 aromatic rings. The monoisotopic (exact) mass is 219 g/mol. The second kappa shape index (κ2) is 4.56. The number of esters is 1. The molecule has 1 aliphatic heterocycles. The van der Waals surface area contributed by atoms with E-state index in [1.807, 2.05) is 14.1 Å². The molecular formula is C13H17NO2. The summed E-state index contributed by atoms with van der Waals surface area (Å²) in [7, 11) is 4.04. The van der Waals surface area contributed by atoms with E-state index in [1.165, 1.54) is 11.3 Å². The first kappa shape index (κ1) is 11.0. The van der Waals surface area contributed by atoms with Gasteiger partial charge in [-0.05, 0) is 24.1 Å². The topological polar surface area (TPSA) is 29.5 Å². The summed E-state index contributed by atoms with van der Waals surface area (Å²) in [5.74, 6) is -0.0603. The molecule has 2 rings (SSSR count). The fourth-order valence-electron chi connectivity index (χ4n) is 1.92. The number of hydrogen-bond acceptors (Lipinski definition) is 3. The Morgan fingerprint density at radius 1 is 1.31 bits per heavy atom. The van der Waals surface area contributed by atoms with Crippen molar-refractivity contribution in [1.82, 2.24) is 0 Å². The van der Waals surface area contributed by atoms with Crippen molar-refractivity contribution in [2.75, 3.05) is 19.0 Å². The zero-order valence-electron chi connectivity index (χ0n) is 9.77. The molecule has 16 heavy (non-hydrogen) atoms. The minimum absolute atomic E-state index is 0.0603. The highest BCUT2D eigenvalue weighted by Gasteiger charge is 2.23. The lowest BCUT2D eigenvalue weighted by atomic mass is 10.1. The van der Waals surface area contributed by atoms with Gasteiger partial charge in [-0.1, -0.05) is 12.1 Å². The van der Waals surface area contributed by atoms with Gasteiger partial charge in [-0.3, -0.25) is 4.79 Å². The summed E-state index contributed by atoms with van der Waals surface area (Å²) in [6, 6.07) is 8.38. The molecule has 0 amide bonds. The van der Waals surface area contributed by atoms with E-state index in [4.69, 9.17) is 4.74 Å². The normalized spacial score (nSPS) is 19.6. The molecule has 0 unspecified atom stereocenters. The standard InChI is InChI=1S/C13H17NO2/c1-14(2)11-5-3-10(4-6-11)9-12-7-8-13(15)16-12/h3-6,12H,7-9H2,1-2H3/t12-/m0/s1. The molecule has 1 aliphatic rings. The predicted octanol–water partition coefficient (Wildman–Crippen LogP) is 2.00. The van der Waals surface area contributed by atoms with Gasteiger partial charge in [0.05, 0.1) is 0 Å². The van der Waals surface area contributed by atoms with Crippen molar-refractivity contribution in [2.24, 2.45) is 0 Å². The lowest BCUT2D eigenvalue weighted by Gasteiger charge is -2.13. The van der Waals surface area contributed by atoms with Crippen LogP contribution in [-0.4, -0.2) is 26.2 Å². The molecule has 0 N–H and O–H groups in total. The van der Waals surface area contributed by atoms with Gasteiger partial charge in [0.15, 0.2) is 0 Å². The largest absolute Gasteiger partial charge is 0.462 e. The number of ether oxygens (including phenoxy) is 1. The van der Waals surface area contributed by atoms with Crippen molar-refractivity contribution in [1.29, 1.82) is 0 Å². The number of nitrogens with zero attached hydrogens (tertiary/aromatic N) is 1. The molecule has 0 aromatic heterocycles. The number of hydrogen-bond donors (Lipinski definition) is 0.